The highest BCUT2D eigenvalue weighted by Gasteiger charge is 2.25. The molecule has 6 heteroatoms. The van der Waals surface area contributed by atoms with Gasteiger partial charge in [-0.1, -0.05) is 59.3 Å². The highest BCUT2D eigenvalue weighted by atomic mass is 35.5. The van der Waals surface area contributed by atoms with Gasteiger partial charge in [-0.25, -0.2) is 4.98 Å². The molecule has 1 aliphatic rings. The first-order valence-corrected chi connectivity index (χ1v) is 10.1. The number of rotatable bonds is 5. The number of nitrogens with zero attached hydrogens (tertiary/aromatic N) is 2. The Morgan fingerprint density at radius 1 is 1.26 bits per heavy atom. The van der Waals surface area contributed by atoms with E-state index in [1.165, 1.54) is 11.3 Å². The maximum Gasteiger partial charge on any atom is 0.252 e. The molecule has 0 aliphatic carbocycles. The van der Waals surface area contributed by atoms with Gasteiger partial charge >= 0.3 is 0 Å². The molecule has 4 nitrogen and oxygen atoms in total. The van der Waals surface area contributed by atoms with E-state index < -0.39 is 0 Å². The summed E-state index contributed by atoms with van der Waals surface area (Å²) in [4.78, 5) is 19.3. The van der Waals surface area contributed by atoms with Gasteiger partial charge < -0.3 is 4.74 Å². The molecule has 1 saturated heterocycles. The Bertz CT molecular complexity index is 965. The average Bonchev–Trinajstić information content (AvgIpc) is 3.35. The quantitative estimate of drug-likeness (QED) is 0.556. The Kier molecular flexibility index (Phi) is 5.53. The summed E-state index contributed by atoms with van der Waals surface area (Å²) >= 11 is 7.74. The number of benzene rings is 2. The van der Waals surface area contributed by atoms with Gasteiger partial charge in [0.15, 0.2) is 5.13 Å². The number of thiazole rings is 1. The van der Waals surface area contributed by atoms with Crippen LogP contribution in [0.15, 0.2) is 54.6 Å². The smallest absolute Gasteiger partial charge is 0.252 e. The fourth-order valence-electron chi connectivity index (χ4n) is 3.09. The van der Waals surface area contributed by atoms with Crippen LogP contribution in [-0.4, -0.2) is 30.1 Å². The SMILES string of the molecule is O=C(/C=C/c1ccccc1)N(CC1CCCO1)c1nc2c(Cl)cccc2s1. The summed E-state index contributed by atoms with van der Waals surface area (Å²) in [5.74, 6) is -0.107. The van der Waals surface area contributed by atoms with Gasteiger partial charge in [0.05, 0.1) is 22.4 Å². The summed E-state index contributed by atoms with van der Waals surface area (Å²) < 4.78 is 6.72. The molecule has 1 aliphatic heterocycles. The molecule has 0 N–H and O–H groups in total. The van der Waals surface area contributed by atoms with E-state index in [4.69, 9.17) is 16.3 Å². The molecule has 2 heterocycles. The van der Waals surface area contributed by atoms with Crippen molar-refractivity contribution in [1.82, 2.24) is 4.98 Å². The molecule has 3 aromatic rings. The van der Waals surface area contributed by atoms with Gasteiger partial charge in [0.25, 0.3) is 5.91 Å². The normalized spacial score (nSPS) is 17.0. The predicted octanol–water partition coefficient (Wildman–Crippen LogP) is 5.18. The molecule has 1 fully saturated rings. The highest BCUT2D eigenvalue weighted by molar-refractivity contribution is 7.22. The number of halogens is 1. The standard InChI is InChI=1S/C21H19ClN2O2S/c22-17-9-4-10-18-20(17)23-21(27-18)24(14-16-8-5-13-26-16)19(25)12-11-15-6-2-1-3-7-15/h1-4,6-7,9-12,16H,5,8,13-14H2/b12-11+. The van der Waals surface area contributed by atoms with Crippen LogP contribution in [-0.2, 0) is 9.53 Å². The third kappa shape index (κ3) is 4.21. The third-order valence-corrected chi connectivity index (χ3v) is 5.83. The first-order chi connectivity index (χ1) is 13.2. The maximum absolute atomic E-state index is 13.0. The zero-order valence-electron chi connectivity index (χ0n) is 14.7. The van der Waals surface area contributed by atoms with Crippen LogP contribution in [0.3, 0.4) is 0 Å². The van der Waals surface area contributed by atoms with E-state index in [2.05, 4.69) is 4.98 Å². The van der Waals surface area contributed by atoms with Crippen LogP contribution in [0.1, 0.15) is 18.4 Å². The molecule has 0 radical (unpaired) electrons. The maximum atomic E-state index is 13.0. The fourth-order valence-corrected chi connectivity index (χ4v) is 4.37. The van der Waals surface area contributed by atoms with Crippen LogP contribution in [0.25, 0.3) is 16.3 Å². The number of para-hydroxylation sites is 1. The van der Waals surface area contributed by atoms with Crippen molar-refractivity contribution in [2.45, 2.75) is 18.9 Å². The summed E-state index contributed by atoms with van der Waals surface area (Å²) in [6.07, 6.45) is 5.45. The van der Waals surface area contributed by atoms with Gasteiger partial charge in [0, 0.05) is 12.7 Å². The van der Waals surface area contributed by atoms with Crippen molar-refractivity contribution in [2.24, 2.45) is 0 Å². The van der Waals surface area contributed by atoms with Crippen molar-refractivity contribution in [3.05, 3.63) is 65.2 Å². The molecular weight excluding hydrogens is 380 g/mol. The van der Waals surface area contributed by atoms with Crippen molar-refractivity contribution >= 4 is 50.3 Å². The molecule has 0 spiro atoms. The predicted molar refractivity (Wildman–Crippen MR) is 111 cm³/mol. The Hall–Kier alpha value is -2.21. The largest absolute Gasteiger partial charge is 0.376 e. The second kappa shape index (κ2) is 8.21. The fraction of sp³-hybridized carbons (Fsp3) is 0.238. The van der Waals surface area contributed by atoms with Crippen LogP contribution in [0.4, 0.5) is 5.13 Å². The Labute approximate surface area is 167 Å². The molecule has 0 bridgehead atoms. The zero-order valence-corrected chi connectivity index (χ0v) is 16.2. The van der Waals surface area contributed by atoms with E-state index in [1.807, 2.05) is 54.6 Å². The van der Waals surface area contributed by atoms with E-state index in [0.29, 0.717) is 16.7 Å². The minimum absolute atomic E-state index is 0.0431. The summed E-state index contributed by atoms with van der Waals surface area (Å²) in [7, 11) is 0. The number of fused-ring (bicyclic) bond motifs is 1. The molecule has 1 unspecified atom stereocenters. The molecule has 2 aromatic carbocycles. The first-order valence-electron chi connectivity index (χ1n) is 8.92. The van der Waals surface area contributed by atoms with E-state index in [-0.39, 0.29) is 12.0 Å². The van der Waals surface area contributed by atoms with Crippen LogP contribution in [0, 0.1) is 0 Å². The number of carbonyl (C=O) groups excluding carboxylic acids is 1. The Balaban J connectivity index is 1.64. The number of ether oxygens (including phenoxy) is 1. The Morgan fingerprint density at radius 3 is 2.85 bits per heavy atom. The molecule has 138 valence electrons. The molecule has 0 saturated carbocycles. The monoisotopic (exact) mass is 398 g/mol. The lowest BCUT2D eigenvalue weighted by Gasteiger charge is -2.21. The van der Waals surface area contributed by atoms with Crippen LogP contribution in [0.2, 0.25) is 5.02 Å². The van der Waals surface area contributed by atoms with Crippen molar-refractivity contribution in [2.75, 3.05) is 18.1 Å². The summed E-state index contributed by atoms with van der Waals surface area (Å²) in [6.45, 7) is 1.24. The van der Waals surface area contributed by atoms with E-state index >= 15 is 0 Å². The lowest BCUT2D eigenvalue weighted by Crippen LogP contribution is -2.36. The number of hydrogen-bond donors (Lipinski definition) is 0. The Morgan fingerprint density at radius 2 is 2.11 bits per heavy atom. The van der Waals surface area contributed by atoms with E-state index in [0.717, 1.165) is 35.2 Å². The van der Waals surface area contributed by atoms with Gasteiger partial charge in [-0.15, -0.1) is 0 Å². The van der Waals surface area contributed by atoms with Crippen LogP contribution in [0.5, 0.6) is 0 Å². The lowest BCUT2D eigenvalue weighted by molar-refractivity contribution is -0.114. The van der Waals surface area contributed by atoms with Gasteiger partial charge in [-0.3, -0.25) is 9.69 Å². The number of amides is 1. The summed E-state index contributed by atoms with van der Waals surface area (Å²) in [5, 5.41) is 1.25. The first kappa shape index (κ1) is 18.2. The molecule has 1 aromatic heterocycles. The number of anilines is 1. The third-order valence-electron chi connectivity index (χ3n) is 4.48. The van der Waals surface area contributed by atoms with Gasteiger partial charge in [-0.05, 0) is 36.6 Å². The summed E-state index contributed by atoms with van der Waals surface area (Å²) in [5.41, 5.74) is 1.71. The van der Waals surface area contributed by atoms with Crippen molar-refractivity contribution in [3.8, 4) is 0 Å². The molecule has 4 rings (SSSR count). The van der Waals surface area contributed by atoms with Gasteiger partial charge in [0.2, 0.25) is 0 Å². The minimum atomic E-state index is -0.107. The van der Waals surface area contributed by atoms with Crippen LogP contribution >= 0.6 is 22.9 Å². The van der Waals surface area contributed by atoms with Crippen LogP contribution < -0.4 is 4.90 Å². The second-order valence-corrected chi connectivity index (χ2v) is 7.83. The van der Waals surface area contributed by atoms with E-state index in [9.17, 15) is 4.79 Å². The molecule has 1 amide bonds. The lowest BCUT2D eigenvalue weighted by atomic mass is 10.2. The zero-order chi connectivity index (χ0) is 18.6. The van der Waals surface area contributed by atoms with Gasteiger partial charge in [-0.2, -0.15) is 0 Å². The number of carbonyl (C=O) groups is 1. The highest BCUT2D eigenvalue weighted by Crippen LogP contribution is 2.33. The van der Waals surface area contributed by atoms with Crippen molar-refractivity contribution < 1.29 is 9.53 Å². The molecular formula is C21H19ClN2O2S. The van der Waals surface area contributed by atoms with Crippen molar-refractivity contribution in [1.29, 1.82) is 0 Å². The van der Waals surface area contributed by atoms with Crippen molar-refractivity contribution in [3.63, 3.8) is 0 Å². The second-order valence-electron chi connectivity index (χ2n) is 6.41. The molecule has 1 atom stereocenters. The number of hydrogen-bond acceptors (Lipinski definition) is 4. The average molecular weight is 399 g/mol. The summed E-state index contributed by atoms with van der Waals surface area (Å²) in [6, 6.07) is 15.5. The van der Waals surface area contributed by atoms with E-state index in [1.54, 1.807) is 11.0 Å². The minimum Gasteiger partial charge on any atom is -0.376 e. The molecule has 27 heavy (non-hydrogen) atoms. The topological polar surface area (TPSA) is 42.4 Å². The van der Waals surface area contributed by atoms with Gasteiger partial charge in [0.1, 0.15) is 5.52 Å². The number of aromatic nitrogens is 1.